The number of rotatable bonds is 6. The minimum absolute atomic E-state index is 0.00697. The number of methoxy groups -OCH3 is 1. The van der Waals surface area contributed by atoms with Crippen molar-refractivity contribution in [1.82, 2.24) is 0 Å². The Morgan fingerprint density at radius 3 is 2.53 bits per heavy atom. The molecule has 2 aromatic rings. The molecular formula is C25H23ClN2O6. The topological polar surface area (TPSA) is 102 Å². The zero-order chi connectivity index (χ0) is 24.4. The molecule has 1 aliphatic carbocycles. The van der Waals surface area contributed by atoms with E-state index in [1.165, 1.54) is 42.3 Å². The molecule has 0 aromatic heterocycles. The van der Waals surface area contributed by atoms with E-state index < -0.39 is 18.5 Å². The molecular weight excluding hydrogens is 460 g/mol. The van der Waals surface area contributed by atoms with Gasteiger partial charge in [-0.15, -0.1) is 0 Å². The minimum Gasteiger partial charge on any atom is -0.495 e. The lowest BCUT2D eigenvalue weighted by atomic mass is 9.78. The number of halogens is 1. The van der Waals surface area contributed by atoms with Gasteiger partial charge in [0.2, 0.25) is 11.8 Å². The van der Waals surface area contributed by atoms with Crippen molar-refractivity contribution >= 4 is 46.7 Å². The van der Waals surface area contributed by atoms with Crippen LogP contribution in [0.3, 0.4) is 0 Å². The van der Waals surface area contributed by atoms with Crippen LogP contribution in [0.5, 0.6) is 5.75 Å². The number of fused-ring (bicyclic) bond motifs is 1. The molecule has 4 rings (SSSR count). The second-order valence-electron chi connectivity index (χ2n) is 8.18. The SMILES string of the molecule is COc1ccc(Cl)cc1NC(=O)COC(=O)c1ccc(N2C(=O)[C@H]3[C@H](C)C=CC[C@H]3C2=O)cc1. The molecule has 0 saturated carbocycles. The number of carbonyl (C=O) groups excluding carboxylic acids is 4. The van der Waals surface area contributed by atoms with Gasteiger partial charge in [0.25, 0.3) is 5.91 Å². The van der Waals surface area contributed by atoms with E-state index in [-0.39, 0.29) is 35.1 Å². The molecule has 1 fully saturated rings. The standard InChI is InChI=1S/C25H23ClN2O6/c1-14-4-3-5-18-22(14)24(31)28(23(18)30)17-9-6-15(7-10-17)25(32)34-13-21(29)27-19-12-16(26)8-11-20(19)33-2/h3-4,6-12,14,18,22H,5,13H2,1-2H3,(H,27,29)/t14-,18-,22+/m1/s1. The second-order valence-corrected chi connectivity index (χ2v) is 8.62. The summed E-state index contributed by atoms with van der Waals surface area (Å²) in [4.78, 5) is 51.5. The van der Waals surface area contributed by atoms with E-state index in [2.05, 4.69) is 5.32 Å². The lowest BCUT2D eigenvalue weighted by Gasteiger charge is -2.22. The highest BCUT2D eigenvalue weighted by atomic mass is 35.5. The summed E-state index contributed by atoms with van der Waals surface area (Å²) < 4.78 is 10.2. The molecule has 2 aromatic carbocycles. The van der Waals surface area contributed by atoms with Gasteiger partial charge in [-0.05, 0) is 54.8 Å². The molecule has 0 bridgehead atoms. The van der Waals surface area contributed by atoms with E-state index in [0.717, 1.165) is 0 Å². The number of esters is 1. The van der Waals surface area contributed by atoms with Crippen LogP contribution < -0.4 is 15.0 Å². The smallest absolute Gasteiger partial charge is 0.338 e. The monoisotopic (exact) mass is 482 g/mol. The summed E-state index contributed by atoms with van der Waals surface area (Å²) in [5.74, 6) is -2.05. The Labute approximate surface area is 201 Å². The van der Waals surface area contributed by atoms with Crippen molar-refractivity contribution in [3.05, 3.63) is 65.2 Å². The number of carbonyl (C=O) groups is 4. The van der Waals surface area contributed by atoms with Crippen molar-refractivity contribution in [2.24, 2.45) is 17.8 Å². The fourth-order valence-corrected chi connectivity index (χ4v) is 4.50. The molecule has 176 valence electrons. The van der Waals surface area contributed by atoms with E-state index in [1.54, 1.807) is 12.1 Å². The Morgan fingerprint density at radius 2 is 1.85 bits per heavy atom. The molecule has 1 heterocycles. The summed E-state index contributed by atoms with van der Waals surface area (Å²) in [6.45, 7) is 1.41. The third-order valence-electron chi connectivity index (χ3n) is 6.00. The molecule has 0 spiro atoms. The number of allylic oxidation sites excluding steroid dienone is 2. The van der Waals surface area contributed by atoms with Crippen LogP contribution in [0.15, 0.2) is 54.6 Å². The predicted octanol–water partition coefficient (Wildman–Crippen LogP) is 3.85. The molecule has 0 unspecified atom stereocenters. The maximum absolute atomic E-state index is 12.9. The molecule has 3 amide bonds. The van der Waals surface area contributed by atoms with Crippen LogP contribution in [0.1, 0.15) is 23.7 Å². The van der Waals surface area contributed by atoms with Crippen molar-refractivity contribution < 1.29 is 28.7 Å². The number of hydrogen-bond acceptors (Lipinski definition) is 6. The molecule has 2 aliphatic rings. The summed E-state index contributed by atoms with van der Waals surface area (Å²) in [5.41, 5.74) is 0.938. The van der Waals surface area contributed by atoms with Crippen LogP contribution in [0.25, 0.3) is 0 Å². The number of amides is 3. The molecule has 1 saturated heterocycles. The highest BCUT2D eigenvalue weighted by molar-refractivity contribution is 6.31. The summed E-state index contributed by atoms with van der Waals surface area (Å²) >= 11 is 5.94. The molecule has 1 N–H and O–H groups in total. The molecule has 9 heteroatoms. The van der Waals surface area contributed by atoms with Crippen molar-refractivity contribution in [1.29, 1.82) is 0 Å². The summed E-state index contributed by atoms with van der Waals surface area (Å²) in [5, 5.41) is 2.99. The third-order valence-corrected chi connectivity index (χ3v) is 6.24. The van der Waals surface area contributed by atoms with Crippen LogP contribution in [-0.4, -0.2) is 37.4 Å². The Bertz CT molecular complexity index is 1180. The Hall–Kier alpha value is -3.65. The van der Waals surface area contributed by atoms with Crippen LogP contribution in [0, 0.1) is 17.8 Å². The van der Waals surface area contributed by atoms with Gasteiger partial charge in [-0.25, -0.2) is 4.79 Å². The van der Waals surface area contributed by atoms with E-state index in [4.69, 9.17) is 21.1 Å². The van der Waals surface area contributed by atoms with Crippen molar-refractivity contribution in [3.63, 3.8) is 0 Å². The molecule has 0 radical (unpaired) electrons. The van der Waals surface area contributed by atoms with E-state index >= 15 is 0 Å². The number of imide groups is 1. The second kappa shape index (κ2) is 9.69. The highest BCUT2D eigenvalue weighted by Gasteiger charge is 2.50. The summed E-state index contributed by atoms with van der Waals surface area (Å²) in [6, 6.07) is 10.7. The molecule has 34 heavy (non-hydrogen) atoms. The fraction of sp³-hybridized carbons (Fsp3) is 0.280. The first-order chi connectivity index (χ1) is 16.3. The number of benzene rings is 2. The maximum Gasteiger partial charge on any atom is 0.338 e. The molecule has 3 atom stereocenters. The fourth-order valence-electron chi connectivity index (χ4n) is 4.33. The van der Waals surface area contributed by atoms with Crippen LogP contribution in [-0.2, 0) is 19.1 Å². The van der Waals surface area contributed by atoms with Gasteiger partial charge in [0.1, 0.15) is 5.75 Å². The van der Waals surface area contributed by atoms with Gasteiger partial charge in [0.05, 0.1) is 35.9 Å². The first-order valence-corrected chi connectivity index (χ1v) is 11.1. The van der Waals surface area contributed by atoms with Gasteiger partial charge < -0.3 is 14.8 Å². The normalized spacial score (nSPS) is 21.3. The number of anilines is 2. The lowest BCUT2D eigenvalue weighted by Crippen LogP contribution is -2.31. The summed E-state index contributed by atoms with van der Waals surface area (Å²) in [6.07, 6.45) is 4.45. The Balaban J connectivity index is 1.37. The third kappa shape index (κ3) is 4.54. The number of ether oxygens (including phenoxy) is 2. The lowest BCUT2D eigenvalue weighted by molar-refractivity contribution is -0.123. The van der Waals surface area contributed by atoms with Crippen LogP contribution >= 0.6 is 11.6 Å². The van der Waals surface area contributed by atoms with E-state index in [9.17, 15) is 19.2 Å². The average molecular weight is 483 g/mol. The predicted molar refractivity (Wildman–Crippen MR) is 126 cm³/mol. The van der Waals surface area contributed by atoms with Crippen LogP contribution in [0.4, 0.5) is 11.4 Å². The van der Waals surface area contributed by atoms with Gasteiger partial charge in [-0.1, -0.05) is 30.7 Å². The molecule has 1 aliphatic heterocycles. The summed E-state index contributed by atoms with van der Waals surface area (Å²) in [7, 11) is 1.46. The van der Waals surface area contributed by atoms with Gasteiger partial charge >= 0.3 is 5.97 Å². The van der Waals surface area contributed by atoms with Crippen molar-refractivity contribution in [2.75, 3.05) is 23.9 Å². The average Bonchev–Trinajstić information content (AvgIpc) is 3.08. The molecule has 8 nitrogen and oxygen atoms in total. The quantitative estimate of drug-likeness (QED) is 0.381. The first kappa shape index (κ1) is 23.5. The highest BCUT2D eigenvalue weighted by Crippen LogP contribution is 2.40. The van der Waals surface area contributed by atoms with Gasteiger partial charge in [0.15, 0.2) is 6.61 Å². The Kier molecular flexibility index (Phi) is 6.70. The number of nitrogens with zero attached hydrogens (tertiary/aromatic N) is 1. The van der Waals surface area contributed by atoms with Crippen LogP contribution in [0.2, 0.25) is 5.02 Å². The minimum atomic E-state index is -0.717. The number of nitrogens with one attached hydrogen (secondary N) is 1. The van der Waals surface area contributed by atoms with Crippen molar-refractivity contribution in [2.45, 2.75) is 13.3 Å². The van der Waals surface area contributed by atoms with E-state index in [0.29, 0.717) is 28.6 Å². The van der Waals surface area contributed by atoms with E-state index in [1.807, 2.05) is 19.1 Å². The largest absolute Gasteiger partial charge is 0.495 e. The van der Waals surface area contributed by atoms with Gasteiger partial charge in [0, 0.05) is 5.02 Å². The van der Waals surface area contributed by atoms with Gasteiger partial charge in [-0.3, -0.25) is 19.3 Å². The Morgan fingerprint density at radius 1 is 1.12 bits per heavy atom. The zero-order valence-corrected chi connectivity index (χ0v) is 19.4. The van der Waals surface area contributed by atoms with Gasteiger partial charge in [-0.2, -0.15) is 0 Å². The maximum atomic E-state index is 12.9. The zero-order valence-electron chi connectivity index (χ0n) is 18.6. The number of hydrogen-bond donors (Lipinski definition) is 1. The van der Waals surface area contributed by atoms with Crippen molar-refractivity contribution in [3.8, 4) is 5.75 Å². The first-order valence-electron chi connectivity index (χ1n) is 10.7.